The summed E-state index contributed by atoms with van der Waals surface area (Å²) >= 11 is 0. The summed E-state index contributed by atoms with van der Waals surface area (Å²) in [6, 6.07) is 11.5. The van der Waals surface area contributed by atoms with Gasteiger partial charge in [-0.2, -0.15) is 0 Å². The average Bonchev–Trinajstić information content (AvgIpc) is 2.56. The lowest BCUT2D eigenvalue weighted by Crippen LogP contribution is -2.42. The molecule has 0 bridgehead atoms. The van der Waals surface area contributed by atoms with Gasteiger partial charge in [-0.3, -0.25) is 0 Å². The molecule has 0 heterocycles. The molecule has 0 radical (unpaired) electrons. The fourth-order valence-corrected chi connectivity index (χ4v) is 3.34. The van der Waals surface area contributed by atoms with Gasteiger partial charge >= 0.3 is 0 Å². The lowest BCUT2D eigenvalue weighted by Gasteiger charge is -2.36. The first kappa shape index (κ1) is 23.1. The van der Waals surface area contributed by atoms with Crippen LogP contribution in [0.5, 0.6) is 0 Å². The molecule has 1 rings (SSSR count). The summed E-state index contributed by atoms with van der Waals surface area (Å²) in [5.74, 6) is 0. The van der Waals surface area contributed by atoms with Gasteiger partial charge in [0.2, 0.25) is 0 Å². The second-order valence-electron chi connectivity index (χ2n) is 7.77. The zero-order chi connectivity index (χ0) is 17.0. The Morgan fingerprint density at radius 3 is 1.71 bits per heavy atom. The van der Waals surface area contributed by atoms with Gasteiger partial charge in [-0.05, 0) is 19.8 Å². The number of unbranched alkanes of at least 4 members (excludes halogenated alkanes) is 9. The van der Waals surface area contributed by atoms with Crippen molar-refractivity contribution in [1.82, 2.24) is 0 Å². The SMILES string of the molecule is CCCCCCCCCCCC[N+](C)(C)C(C)c1ccccc1.[OH-]. The van der Waals surface area contributed by atoms with Crippen molar-refractivity contribution in [1.29, 1.82) is 0 Å². The van der Waals surface area contributed by atoms with E-state index in [0.717, 1.165) is 4.48 Å². The maximum absolute atomic E-state index is 2.38. The lowest BCUT2D eigenvalue weighted by molar-refractivity contribution is -0.919. The summed E-state index contributed by atoms with van der Waals surface area (Å²) < 4.78 is 1.10. The van der Waals surface area contributed by atoms with Gasteiger partial charge in [0.1, 0.15) is 6.04 Å². The molecule has 1 aromatic rings. The van der Waals surface area contributed by atoms with Crippen LogP contribution in [-0.4, -0.2) is 30.6 Å². The standard InChI is InChI=1S/C22H40N.H2O/c1-5-6-7-8-9-10-11-12-13-17-20-23(3,4)21(2)22-18-15-14-16-19-22;/h14-16,18-19,21H,5-13,17,20H2,1-4H3;1H2/q+1;/p-1. The van der Waals surface area contributed by atoms with Crippen LogP contribution in [0.1, 0.15) is 89.7 Å². The van der Waals surface area contributed by atoms with Gasteiger partial charge in [0.05, 0.1) is 20.6 Å². The lowest BCUT2D eigenvalue weighted by atomic mass is 10.0. The summed E-state index contributed by atoms with van der Waals surface area (Å²) in [6.45, 7) is 5.94. The minimum Gasteiger partial charge on any atom is -0.870 e. The van der Waals surface area contributed by atoms with Crippen molar-refractivity contribution in [2.45, 2.75) is 84.1 Å². The van der Waals surface area contributed by atoms with Crippen LogP contribution in [0.3, 0.4) is 0 Å². The highest BCUT2D eigenvalue weighted by Gasteiger charge is 2.24. The Hall–Kier alpha value is -0.860. The molecule has 0 aliphatic heterocycles. The van der Waals surface area contributed by atoms with Gasteiger partial charge in [0.15, 0.2) is 0 Å². The van der Waals surface area contributed by atoms with Crippen molar-refractivity contribution in [3.05, 3.63) is 35.9 Å². The van der Waals surface area contributed by atoms with E-state index in [1.54, 1.807) is 0 Å². The molecule has 0 saturated heterocycles. The summed E-state index contributed by atoms with van der Waals surface area (Å²) in [5, 5.41) is 0. The van der Waals surface area contributed by atoms with Crippen LogP contribution in [0.2, 0.25) is 0 Å². The van der Waals surface area contributed by atoms with Crippen LogP contribution in [0, 0.1) is 0 Å². The van der Waals surface area contributed by atoms with Gasteiger partial charge in [0.25, 0.3) is 0 Å². The third kappa shape index (κ3) is 9.44. The number of hydrogen-bond donors (Lipinski definition) is 0. The minimum atomic E-state index is 0. The van der Waals surface area contributed by atoms with Crippen molar-refractivity contribution in [2.75, 3.05) is 20.6 Å². The van der Waals surface area contributed by atoms with Crippen LogP contribution < -0.4 is 0 Å². The van der Waals surface area contributed by atoms with Gasteiger partial charge in [-0.25, -0.2) is 0 Å². The Labute approximate surface area is 151 Å². The third-order valence-electron chi connectivity index (χ3n) is 5.42. The van der Waals surface area contributed by atoms with Gasteiger partial charge in [-0.1, -0.05) is 88.6 Å². The number of rotatable bonds is 13. The molecule has 1 N–H and O–H groups in total. The second-order valence-corrected chi connectivity index (χ2v) is 7.77. The van der Waals surface area contributed by atoms with E-state index in [0.29, 0.717) is 6.04 Å². The molecule has 0 aliphatic carbocycles. The van der Waals surface area contributed by atoms with Gasteiger partial charge < -0.3 is 9.96 Å². The van der Waals surface area contributed by atoms with Crippen LogP contribution in [0.4, 0.5) is 0 Å². The number of hydrogen-bond acceptors (Lipinski definition) is 1. The molecule has 0 fully saturated rings. The van der Waals surface area contributed by atoms with E-state index < -0.39 is 0 Å². The molecule has 0 aliphatic rings. The predicted octanol–water partition coefficient (Wildman–Crippen LogP) is 6.57. The van der Waals surface area contributed by atoms with Gasteiger partial charge in [-0.15, -0.1) is 0 Å². The molecule has 1 unspecified atom stereocenters. The Morgan fingerprint density at radius 1 is 0.750 bits per heavy atom. The first-order valence-electron chi connectivity index (χ1n) is 9.95. The maximum atomic E-state index is 2.38. The van der Waals surface area contributed by atoms with Gasteiger partial charge in [0, 0.05) is 5.56 Å². The summed E-state index contributed by atoms with van der Waals surface area (Å²) in [7, 11) is 4.76. The zero-order valence-electron chi connectivity index (χ0n) is 16.6. The van der Waals surface area contributed by atoms with Crippen LogP contribution in [0.25, 0.3) is 0 Å². The molecule has 24 heavy (non-hydrogen) atoms. The second kappa shape index (κ2) is 13.4. The first-order chi connectivity index (χ1) is 11.1. The van der Waals surface area contributed by atoms with E-state index in [9.17, 15) is 0 Å². The van der Waals surface area contributed by atoms with E-state index in [1.807, 2.05) is 0 Å². The Kier molecular flexibility index (Phi) is 13.0. The first-order valence-corrected chi connectivity index (χ1v) is 9.95. The molecule has 0 aromatic heterocycles. The van der Waals surface area contributed by atoms with Crippen LogP contribution >= 0.6 is 0 Å². The van der Waals surface area contributed by atoms with Crippen molar-refractivity contribution >= 4 is 0 Å². The van der Waals surface area contributed by atoms with E-state index in [1.165, 1.54) is 76.3 Å². The molecule has 1 atom stereocenters. The summed E-state index contributed by atoms with van der Waals surface area (Å²) in [5.41, 5.74) is 1.46. The normalized spacial score (nSPS) is 12.7. The van der Waals surface area contributed by atoms with Crippen molar-refractivity contribution < 1.29 is 9.96 Å². The Morgan fingerprint density at radius 2 is 1.21 bits per heavy atom. The Balaban J connectivity index is 0.00000529. The largest absolute Gasteiger partial charge is 0.870 e. The predicted molar refractivity (Wildman–Crippen MR) is 106 cm³/mol. The molecule has 0 saturated carbocycles. The number of quaternary nitrogens is 1. The molecule has 2 heteroatoms. The van der Waals surface area contributed by atoms with Crippen molar-refractivity contribution in [3.8, 4) is 0 Å². The third-order valence-corrected chi connectivity index (χ3v) is 5.42. The summed E-state index contributed by atoms with van der Waals surface area (Å²) in [6.07, 6.45) is 14.2. The summed E-state index contributed by atoms with van der Waals surface area (Å²) in [4.78, 5) is 0. The van der Waals surface area contributed by atoms with E-state index >= 15 is 0 Å². The van der Waals surface area contributed by atoms with E-state index in [2.05, 4.69) is 58.3 Å². The van der Waals surface area contributed by atoms with E-state index in [4.69, 9.17) is 0 Å². The number of nitrogens with zero attached hydrogens (tertiary/aromatic N) is 1. The van der Waals surface area contributed by atoms with E-state index in [-0.39, 0.29) is 5.48 Å². The topological polar surface area (TPSA) is 30.0 Å². The van der Waals surface area contributed by atoms with Crippen LogP contribution in [0.15, 0.2) is 30.3 Å². The minimum absolute atomic E-state index is 0. The molecular formula is C22H41NO. The monoisotopic (exact) mass is 335 g/mol. The zero-order valence-corrected chi connectivity index (χ0v) is 16.6. The highest BCUT2D eigenvalue weighted by molar-refractivity contribution is 5.16. The molecular weight excluding hydrogens is 294 g/mol. The average molecular weight is 336 g/mol. The molecule has 1 aromatic carbocycles. The quantitative estimate of drug-likeness (QED) is 0.296. The molecule has 0 amide bonds. The van der Waals surface area contributed by atoms with Crippen molar-refractivity contribution in [3.63, 3.8) is 0 Å². The smallest absolute Gasteiger partial charge is 0.111 e. The number of benzene rings is 1. The molecule has 2 nitrogen and oxygen atoms in total. The van der Waals surface area contributed by atoms with Crippen LogP contribution in [-0.2, 0) is 0 Å². The molecule has 0 spiro atoms. The van der Waals surface area contributed by atoms with Crippen molar-refractivity contribution in [2.24, 2.45) is 0 Å². The fraction of sp³-hybridized carbons (Fsp3) is 0.727. The highest BCUT2D eigenvalue weighted by atomic mass is 16.0. The fourth-order valence-electron chi connectivity index (χ4n) is 3.34. The Bertz CT molecular complexity index is 388. The maximum Gasteiger partial charge on any atom is 0.111 e. The molecule has 140 valence electrons. The highest BCUT2D eigenvalue weighted by Crippen LogP contribution is 2.25.